The van der Waals surface area contributed by atoms with Gasteiger partial charge in [0, 0.05) is 31.4 Å². The highest BCUT2D eigenvalue weighted by atomic mass is 32.1. The fraction of sp³-hybridized carbons (Fsp3) is 0.500. The van der Waals surface area contributed by atoms with Crippen LogP contribution in [0.5, 0.6) is 0 Å². The normalized spacial score (nSPS) is 21.2. The maximum absolute atomic E-state index is 13.0. The van der Waals surface area contributed by atoms with Gasteiger partial charge in [0.1, 0.15) is 0 Å². The first kappa shape index (κ1) is 16.7. The maximum Gasteiger partial charge on any atom is 0.223 e. The third kappa shape index (κ3) is 3.77. The number of pyridine rings is 1. The third-order valence-electron chi connectivity index (χ3n) is 5.75. The topological polar surface area (TPSA) is 45.2 Å². The highest BCUT2D eigenvalue weighted by Gasteiger charge is 2.57. The minimum Gasteiger partial charge on any atom is -0.335 e. The van der Waals surface area contributed by atoms with E-state index >= 15 is 0 Å². The summed E-state index contributed by atoms with van der Waals surface area (Å²) >= 11 is 1.71. The Labute approximate surface area is 153 Å². The van der Waals surface area contributed by atoms with Crippen molar-refractivity contribution in [3.63, 3.8) is 0 Å². The molecule has 4 nitrogen and oxygen atoms in total. The number of aromatic nitrogens is 1. The van der Waals surface area contributed by atoms with Crippen molar-refractivity contribution in [3.05, 3.63) is 52.5 Å². The lowest BCUT2D eigenvalue weighted by Gasteiger charge is -2.29. The summed E-state index contributed by atoms with van der Waals surface area (Å²) in [6, 6.07) is 6.58. The Hall–Kier alpha value is -1.72. The molecule has 0 bridgehead atoms. The van der Waals surface area contributed by atoms with Gasteiger partial charge in [0.05, 0.1) is 0 Å². The quantitative estimate of drug-likeness (QED) is 0.865. The first-order chi connectivity index (χ1) is 12.3. The number of thiophene rings is 1. The fourth-order valence-corrected chi connectivity index (χ4v) is 4.78. The molecule has 0 aromatic carbocycles. The highest BCUT2D eigenvalue weighted by Crippen LogP contribution is 2.56. The Bertz CT molecular complexity index is 695. The standard InChI is InChI=1S/C20H25N3OS/c24-19(2-1-16-3-8-21-9-4-16)23(14-17-5-12-25-15-17)18-13-20(18)6-10-22-11-7-20/h3-5,8-9,12,15,18,22H,1-2,6-7,10-11,13-14H2/t18-/m1/s1. The van der Waals surface area contributed by atoms with E-state index in [9.17, 15) is 4.79 Å². The maximum atomic E-state index is 13.0. The zero-order chi connectivity index (χ0) is 17.1. The van der Waals surface area contributed by atoms with Crippen molar-refractivity contribution < 1.29 is 4.79 Å². The Morgan fingerprint density at radius 3 is 2.76 bits per heavy atom. The van der Waals surface area contributed by atoms with E-state index in [1.165, 1.54) is 30.4 Å². The number of carbonyl (C=O) groups is 1. The van der Waals surface area contributed by atoms with Crippen molar-refractivity contribution in [1.29, 1.82) is 0 Å². The summed E-state index contributed by atoms with van der Waals surface area (Å²) in [5.41, 5.74) is 2.83. The molecule has 0 unspecified atom stereocenters. The molecule has 1 N–H and O–H groups in total. The molecule has 1 amide bonds. The minimum atomic E-state index is 0.295. The molecule has 1 spiro atoms. The lowest BCUT2D eigenvalue weighted by atomic mass is 9.93. The van der Waals surface area contributed by atoms with Crippen LogP contribution < -0.4 is 5.32 Å². The second kappa shape index (κ2) is 7.26. The van der Waals surface area contributed by atoms with Crippen LogP contribution in [0.15, 0.2) is 41.4 Å². The highest BCUT2D eigenvalue weighted by molar-refractivity contribution is 7.07. The lowest BCUT2D eigenvalue weighted by molar-refractivity contribution is -0.133. The molecular formula is C20H25N3OS. The van der Waals surface area contributed by atoms with Gasteiger partial charge in [-0.15, -0.1) is 0 Å². The fourth-order valence-electron chi connectivity index (χ4n) is 4.12. The van der Waals surface area contributed by atoms with Gasteiger partial charge in [0.2, 0.25) is 5.91 Å². The van der Waals surface area contributed by atoms with Crippen molar-refractivity contribution in [2.24, 2.45) is 5.41 Å². The lowest BCUT2D eigenvalue weighted by Crippen LogP contribution is -2.39. The smallest absolute Gasteiger partial charge is 0.223 e. The monoisotopic (exact) mass is 355 g/mol. The molecule has 1 saturated heterocycles. The van der Waals surface area contributed by atoms with E-state index in [-0.39, 0.29) is 0 Å². The number of hydrogen-bond acceptors (Lipinski definition) is 4. The van der Waals surface area contributed by atoms with Gasteiger partial charge in [-0.05, 0) is 84.3 Å². The molecule has 0 radical (unpaired) electrons. The molecule has 2 aromatic heterocycles. The van der Waals surface area contributed by atoms with Crippen molar-refractivity contribution in [2.45, 2.75) is 44.7 Å². The first-order valence-corrected chi connectivity index (χ1v) is 10.1. The van der Waals surface area contributed by atoms with Crippen LogP contribution in [-0.4, -0.2) is 34.9 Å². The van der Waals surface area contributed by atoms with E-state index in [0.29, 0.717) is 23.8 Å². The number of carbonyl (C=O) groups excluding carboxylic acids is 1. The third-order valence-corrected chi connectivity index (χ3v) is 6.48. The number of piperidine rings is 1. The van der Waals surface area contributed by atoms with Crippen LogP contribution in [-0.2, 0) is 17.8 Å². The van der Waals surface area contributed by atoms with E-state index < -0.39 is 0 Å². The second-order valence-electron chi connectivity index (χ2n) is 7.34. The van der Waals surface area contributed by atoms with Crippen LogP contribution in [0.2, 0.25) is 0 Å². The summed E-state index contributed by atoms with van der Waals surface area (Å²) in [6.45, 7) is 2.94. The van der Waals surface area contributed by atoms with Crippen LogP contribution in [0.25, 0.3) is 0 Å². The number of hydrogen-bond donors (Lipinski definition) is 1. The average Bonchev–Trinajstić information content (AvgIpc) is 3.08. The van der Waals surface area contributed by atoms with Gasteiger partial charge >= 0.3 is 0 Å². The Morgan fingerprint density at radius 1 is 1.24 bits per heavy atom. The molecule has 2 aromatic rings. The van der Waals surface area contributed by atoms with Crippen LogP contribution in [0.4, 0.5) is 0 Å². The van der Waals surface area contributed by atoms with Gasteiger partial charge in [0.15, 0.2) is 0 Å². The molecule has 3 heterocycles. The summed E-state index contributed by atoms with van der Waals surface area (Å²) in [5.74, 6) is 0.295. The van der Waals surface area contributed by atoms with Gasteiger partial charge in [-0.2, -0.15) is 11.3 Å². The van der Waals surface area contributed by atoms with Crippen molar-refractivity contribution in [1.82, 2.24) is 15.2 Å². The molecule has 1 aliphatic heterocycles. The second-order valence-corrected chi connectivity index (χ2v) is 8.12. The summed E-state index contributed by atoms with van der Waals surface area (Å²) in [6.07, 6.45) is 8.56. The van der Waals surface area contributed by atoms with Crippen molar-refractivity contribution in [2.75, 3.05) is 13.1 Å². The Kier molecular flexibility index (Phi) is 4.86. The Balaban J connectivity index is 1.44. The zero-order valence-corrected chi connectivity index (χ0v) is 15.3. The van der Waals surface area contributed by atoms with Gasteiger partial charge in [-0.3, -0.25) is 9.78 Å². The van der Waals surface area contributed by atoms with Gasteiger partial charge < -0.3 is 10.2 Å². The molecule has 1 atom stereocenters. The van der Waals surface area contributed by atoms with Crippen LogP contribution in [0, 0.1) is 5.41 Å². The summed E-state index contributed by atoms with van der Waals surface area (Å²) in [5, 5.41) is 7.72. The van der Waals surface area contributed by atoms with Crippen LogP contribution in [0.1, 0.15) is 36.8 Å². The predicted molar refractivity (Wildman–Crippen MR) is 100 cm³/mol. The molecule has 132 valence electrons. The van der Waals surface area contributed by atoms with E-state index in [1.54, 1.807) is 23.7 Å². The van der Waals surface area contributed by atoms with Crippen LogP contribution >= 0.6 is 11.3 Å². The van der Waals surface area contributed by atoms with Gasteiger partial charge in [-0.25, -0.2) is 0 Å². The van der Waals surface area contributed by atoms with Gasteiger partial charge in [-0.1, -0.05) is 0 Å². The SMILES string of the molecule is O=C(CCc1ccncc1)N(Cc1ccsc1)[C@@H]1CC12CCNCC2. The molecule has 2 aliphatic rings. The largest absolute Gasteiger partial charge is 0.335 e. The molecule has 1 saturated carbocycles. The number of amides is 1. The molecular weight excluding hydrogens is 330 g/mol. The van der Waals surface area contributed by atoms with Crippen molar-refractivity contribution >= 4 is 17.2 Å². The number of nitrogens with one attached hydrogen (secondary N) is 1. The van der Waals surface area contributed by atoms with Crippen LogP contribution in [0.3, 0.4) is 0 Å². The summed E-state index contributed by atoms with van der Waals surface area (Å²) in [7, 11) is 0. The first-order valence-electron chi connectivity index (χ1n) is 9.17. The number of nitrogens with zero attached hydrogens (tertiary/aromatic N) is 2. The summed E-state index contributed by atoms with van der Waals surface area (Å²) < 4.78 is 0. The predicted octanol–water partition coefficient (Wildman–Crippen LogP) is 3.25. The molecule has 2 fully saturated rings. The molecule has 25 heavy (non-hydrogen) atoms. The van der Waals surface area contributed by atoms with Crippen molar-refractivity contribution in [3.8, 4) is 0 Å². The average molecular weight is 356 g/mol. The van der Waals surface area contributed by atoms with E-state index in [4.69, 9.17) is 0 Å². The zero-order valence-electron chi connectivity index (χ0n) is 14.5. The van der Waals surface area contributed by atoms with E-state index in [2.05, 4.69) is 32.0 Å². The molecule has 4 rings (SSSR count). The molecule has 5 heteroatoms. The van der Waals surface area contributed by atoms with E-state index in [1.807, 2.05) is 12.1 Å². The minimum absolute atomic E-state index is 0.295. The molecule has 1 aliphatic carbocycles. The summed E-state index contributed by atoms with van der Waals surface area (Å²) in [4.78, 5) is 19.3. The number of rotatable bonds is 6. The number of aryl methyl sites for hydroxylation is 1. The van der Waals surface area contributed by atoms with Gasteiger partial charge in [0.25, 0.3) is 0 Å². The Morgan fingerprint density at radius 2 is 2.04 bits per heavy atom. The van der Waals surface area contributed by atoms with E-state index in [0.717, 1.165) is 26.1 Å².